The predicted molar refractivity (Wildman–Crippen MR) is 97.2 cm³/mol. The molecule has 0 saturated carbocycles. The Labute approximate surface area is 159 Å². The van der Waals surface area contributed by atoms with E-state index in [1.54, 1.807) is 27.0 Å². The van der Waals surface area contributed by atoms with Crippen molar-refractivity contribution in [3.05, 3.63) is 18.0 Å². The summed E-state index contributed by atoms with van der Waals surface area (Å²) in [6, 6.07) is -0.649. The first-order chi connectivity index (χ1) is 12.8. The minimum absolute atomic E-state index is 0.000964. The number of rotatable bonds is 3. The van der Waals surface area contributed by atoms with Gasteiger partial charge in [0, 0.05) is 25.3 Å². The number of likely N-dealkylation sites (tertiary alicyclic amines) is 1. The second-order valence-corrected chi connectivity index (χ2v) is 8.18. The van der Waals surface area contributed by atoms with E-state index >= 15 is 0 Å². The van der Waals surface area contributed by atoms with Gasteiger partial charge in [0.05, 0.1) is 13.3 Å². The van der Waals surface area contributed by atoms with E-state index < -0.39 is 23.7 Å². The Hall–Kier alpha value is -2.09. The normalized spacial score (nSPS) is 26.1. The van der Waals surface area contributed by atoms with Crippen molar-refractivity contribution in [2.75, 3.05) is 20.3 Å². The minimum atomic E-state index is -0.649. The first-order valence-electron chi connectivity index (χ1n) is 9.51. The number of nitrogens with zero attached hydrogens (tertiary/aromatic N) is 3. The molecule has 0 bridgehead atoms. The Kier molecular flexibility index (Phi) is 5.74. The lowest BCUT2D eigenvalue weighted by Gasteiger charge is -2.27. The van der Waals surface area contributed by atoms with Gasteiger partial charge >= 0.3 is 12.1 Å². The van der Waals surface area contributed by atoms with Crippen LogP contribution in [0.2, 0.25) is 0 Å². The van der Waals surface area contributed by atoms with Gasteiger partial charge in [-0.05, 0) is 52.0 Å². The lowest BCUT2D eigenvalue weighted by atomic mass is 9.99. The second kappa shape index (κ2) is 7.88. The molecule has 1 amide bonds. The standard InChI is InChI=1S/C19H29N3O5/c1-19(2,3)27-18(24)21-11-13(9-15(21)17(23)25-4)14-10-20-22(12-14)16-7-5-6-8-26-16/h10,12-13,15-16H,5-9,11H2,1-4H3/t13?,15-,16?/m1/s1. The summed E-state index contributed by atoms with van der Waals surface area (Å²) in [5, 5.41) is 4.44. The van der Waals surface area contributed by atoms with E-state index in [1.165, 1.54) is 12.0 Å². The molecule has 0 spiro atoms. The molecule has 2 fully saturated rings. The fourth-order valence-electron chi connectivity index (χ4n) is 3.61. The third kappa shape index (κ3) is 4.61. The summed E-state index contributed by atoms with van der Waals surface area (Å²) in [6.45, 7) is 6.56. The van der Waals surface area contributed by atoms with Crippen LogP contribution >= 0.6 is 0 Å². The summed E-state index contributed by atoms with van der Waals surface area (Å²) < 4.78 is 18.0. The smallest absolute Gasteiger partial charge is 0.411 e. The molecule has 3 rings (SSSR count). The van der Waals surface area contributed by atoms with Gasteiger partial charge in [0.2, 0.25) is 0 Å². The highest BCUT2D eigenvalue weighted by molar-refractivity contribution is 5.82. The van der Waals surface area contributed by atoms with E-state index in [-0.39, 0.29) is 12.1 Å². The van der Waals surface area contributed by atoms with E-state index in [2.05, 4.69) is 5.10 Å². The number of methoxy groups -OCH3 is 1. The molecule has 150 valence electrons. The summed E-state index contributed by atoms with van der Waals surface area (Å²) in [6.07, 6.45) is 6.88. The Bertz CT molecular complexity index is 675. The maximum Gasteiger partial charge on any atom is 0.411 e. The van der Waals surface area contributed by atoms with Gasteiger partial charge in [-0.25, -0.2) is 14.3 Å². The first kappa shape index (κ1) is 19.7. The molecule has 2 aliphatic rings. The van der Waals surface area contributed by atoms with Gasteiger partial charge in [0.25, 0.3) is 0 Å². The van der Waals surface area contributed by atoms with Gasteiger partial charge in [-0.3, -0.25) is 4.90 Å². The van der Waals surface area contributed by atoms with Crippen LogP contribution < -0.4 is 0 Å². The van der Waals surface area contributed by atoms with Gasteiger partial charge in [-0.1, -0.05) is 0 Å². The summed E-state index contributed by atoms with van der Waals surface area (Å²) in [7, 11) is 1.33. The zero-order valence-corrected chi connectivity index (χ0v) is 16.5. The number of amides is 1. The van der Waals surface area contributed by atoms with Gasteiger partial charge in [-0.2, -0.15) is 5.10 Å². The molecule has 27 heavy (non-hydrogen) atoms. The molecule has 8 nitrogen and oxygen atoms in total. The fraction of sp³-hybridized carbons (Fsp3) is 0.737. The van der Waals surface area contributed by atoms with Crippen LogP contribution in [0, 0.1) is 0 Å². The van der Waals surface area contributed by atoms with Crippen molar-refractivity contribution >= 4 is 12.1 Å². The number of esters is 1. The number of aromatic nitrogens is 2. The third-order valence-corrected chi connectivity index (χ3v) is 4.95. The van der Waals surface area contributed by atoms with E-state index in [4.69, 9.17) is 14.2 Å². The van der Waals surface area contributed by atoms with Gasteiger partial charge in [-0.15, -0.1) is 0 Å². The Balaban J connectivity index is 1.74. The van der Waals surface area contributed by atoms with E-state index in [9.17, 15) is 9.59 Å². The van der Waals surface area contributed by atoms with Gasteiger partial charge < -0.3 is 14.2 Å². The Morgan fingerprint density at radius 1 is 1.30 bits per heavy atom. The van der Waals surface area contributed by atoms with Crippen LogP contribution in [-0.4, -0.2) is 58.6 Å². The van der Waals surface area contributed by atoms with Crippen molar-refractivity contribution in [1.82, 2.24) is 14.7 Å². The largest absolute Gasteiger partial charge is 0.467 e. The number of hydrogen-bond donors (Lipinski definition) is 0. The first-order valence-corrected chi connectivity index (χ1v) is 9.51. The topological polar surface area (TPSA) is 82.9 Å². The third-order valence-electron chi connectivity index (χ3n) is 4.95. The molecule has 0 aliphatic carbocycles. The molecule has 1 aromatic heterocycles. The molecule has 8 heteroatoms. The molecule has 2 saturated heterocycles. The van der Waals surface area contributed by atoms with Crippen LogP contribution in [0.3, 0.4) is 0 Å². The molecule has 0 radical (unpaired) electrons. The Morgan fingerprint density at radius 3 is 2.70 bits per heavy atom. The average Bonchev–Trinajstić information content (AvgIpc) is 3.27. The quantitative estimate of drug-likeness (QED) is 0.751. The van der Waals surface area contributed by atoms with Crippen LogP contribution in [0.25, 0.3) is 0 Å². The highest BCUT2D eigenvalue weighted by Crippen LogP contribution is 2.34. The molecule has 3 heterocycles. The second-order valence-electron chi connectivity index (χ2n) is 8.18. The van der Waals surface area contributed by atoms with Gasteiger partial charge in [0.15, 0.2) is 0 Å². The average molecular weight is 379 g/mol. The molecule has 0 N–H and O–H groups in total. The van der Waals surface area contributed by atoms with E-state index in [1.807, 2.05) is 10.9 Å². The summed E-state index contributed by atoms with van der Waals surface area (Å²) in [5.74, 6) is -0.426. The number of ether oxygens (including phenoxy) is 3. The fourth-order valence-corrected chi connectivity index (χ4v) is 3.61. The maximum atomic E-state index is 12.6. The Morgan fingerprint density at radius 2 is 2.07 bits per heavy atom. The van der Waals surface area contributed by atoms with Gasteiger partial charge in [0.1, 0.15) is 17.9 Å². The highest BCUT2D eigenvalue weighted by atomic mass is 16.6. The van der Waals surface area contributed by atoms with Crippen molar-refractivity contribution < 1.29 is 23.8 Å². The molecule has 2 unspecified atom stereocenters. The van der Waals surface area contributed by atoms with Crippen LogP contribution in [0.1, 0.15) is 64.2 Å². The van der Waals surface area contributed by atoms with E-state index in [0.29, 0.717) is 13.0 Å². The lowest BCUT2D eigenvalue weighted by molar-refractivity contribution is -0.145. The van der Waals surface area contributed by atoms with Crippen LogP contribution in [0.15, 0.2) is 12.4 Å². The number of carbonyl (C=O) groups is 2. The number of carbonyl (C=O) groups excluding carboxylic acids is 2. The highest BCUT2D eigenvalue weighted by Gasteiger charge is 2.43. The van der Waals surface area contributed by atoms with Crippen LogP contribution in [0.4, 0.5) is 4.79 Å². The van der Waals surface area contributed by atoms with Crippen molar-refractivity contribution in [3.63, 3.8) is 0 Å². The van der Waals surface area contributed by atoms with Crippen LogP contribution in [0.5, 0.6) is 0 Å². The lowest BCUT2D eigenvalue weighted by Crippen LogP contribution is -2.43. The summed E-state index contributed by atoms with van der Waals surface area (Å²) >= 11 is 0. The van der Waals surface area contributed by atoms with Crippen molar-refractivity contribution in [3.8, 4) is 0 Å². The van der Waals surface area contributed by atoms with Crippen molar-refractivity contribution in [2.24, 2.45) is 0 Å². The minimum Gasteiger partial charge on any atom is -0.467 e. The van der Waals surface area contributed by atoms with Crippen molar-refractivity contribution in [2.45, 2.75) is 70.2 Å². The molecular formula is C19H29N3O5. The summed E-state index contributed by atoms with van der Waals surface area (Å²) in [4.78, 5) is 26.3. The molecule has 1 aromatic rings. The molecular weight excluding hydrogens is 350 g/mol. The zero-order chi connectivity index (χ0) is 19.6. The zero-order valence-electron chi connectivity index (χ0n) is 16.5. The molecule has 0 aromatic carbocycles. The van der Waals surface area contributed by atoms with Crippen LogP contribution in [-0.2, 0) is 19.0 Å². The predicted octanol–water partition coefficient (Wildman–Crippen LogP) is 2.85. The number of hydrogen-bond acceptors (Lipinski definition) is 6. The van der Waals surface area contributed by atoms with Crippen molar-refractivity contribution in [1.29, 1.82) is 0 Å². The SMILES string of the molecule is COC(=O)[C@H]1CC(c2cnn(C3CCCCO3)c2)CN1C(=O)OC(C)(C)C. The monoisotopic (exact) mass is 379 g/mol. The molecule has 3 atom stereocenters. The summed E-state index contributed by atoms with van der Waals surface area (Å²) in [5.41, 5.74) is 0.364. The molecule has 2 aliphatic heterocycles. The van der Waals surface area contributed by atoms with E-state index in [0.717, 1.165) is 31.4 Å². The maximum absolute atomic E-state index is 12.6.